The predicted molar refractivity (Wildman–Crippen MR) is 78.1 cm³/mol. The molecule has 0 aliphatic carbocycles. The van der Waals surface area contributed by atoms with Gasteiger partial charge in [0.15, 0.2) is 5.96 Å². The summed E-state index contributed by atoms with van der Waals surface area (Å²) < 4.78 is 5.24. The Labute approximate surface area is 113 Å². The molecular weight excluding hydrogens is 246 g/mol. The molecule has 1 aromatic rings. The van der Waals surface area contributed by atoms with Crippen molar-refractivity contribution in [2.24, 2.45) is 10.7 Å². The van der Waals surface area contributed by atoms with Crippen LogP contribution in [0.4, 0.5) is 0 Å². The summed E-state index contributed by atoms with van der Waals surface area (Å²) in [5.41, 5.74) is 5.78. The highest BCUT2D eigenvalue weighted by molar-refractivity contribution is 7.11. The molecule has 1 heterocycles. The Morgan fingerprint density at radius 2 is 2.17 bits per heavy atom. The molecule has 0 unspecified atom stereocenters. The third-order valence-corrected chi connectivity index (χ3v) is 3.66. The fourth-order valence-corrected chi connectivity index (χ4v) is 2.33. The molecule has 0 radical (unpaired) electrons. The SMILES string of the molecule is CCOCCCNC(N)=NCc1ccc(CC)s1. The van der Waals surface area contributed by atoms with Gasteiger partial charge in [-0.15, -0.1) is 11.3 Å². The molecule has 0 saturated carbocycles. The van der Waals surface area contributed by atoms with Gasteiger partial charge in [-0.05, 0) is 31.9 Å². The Morgan fingerprint density at radius 3 is 2.83 bits per heavy atom. The summed E-state index contributed by atoms with van der Waals surface area (Å²) in [5, 5.41) is 3.08. The fourth-order valence-electron chi connectivity index (χ4n) is 1.45. The Hall–Kier alpha value is -1.07. The Kier molecular flexibility index (Phi) is 7.44. The highest BCUT2D eigenvalue weighted by Crippen LogP contribution is 2.17. The quantitative estimate of drug-likeness (QED) is 0.432. The maximum absolute atomic E-state index is 5.78. The van der Waals surface area contributed by atoms with Crippen LogP contribution in [-0.4, -0.2) is 25.7 Å². The lowest BCUT2D eigenvalue weighted by atomic mass is 10.4. The first-order valence-corrected chi connectivity index (χ1v) is 7.27. The van der Waals surface area contributed by atoms with Crippen molar-refractivity contribution in [3.63, 3.8) is 0 Å². The average molecular weight is 269 g/mol. The number of ether oxygens (including phenoxy) is 1. The van der Waals surface area contributed by atoms with Gasteiger partial charge in [0.25, 0.3) is 0 Å². The smallest absolute Gasteiger partial charge is 0.188 e. The van der Waals surface area contributed by atoms with Gasteiger partial charge in [0, 0.05) is 29.5 Å². The first kappa shape index (κ1) is 15.0. The zero-order valence-electron chi connectivity index (χ0n) is 11.2. The minimum atomic E-state index is 0.512. The van der Waals surface area contributed by atoms with Crippen molar-refractivity contribution in [3.8, 4) is 0 Å². The third kappa shape index (κ3) is 6.02. The topological polar surface area (TPSA) is 59.6 Å². The zero-order valence-corrected chi connectivity index (χ0v) is 12.1. The van der Waals surface area contributed by atoms with Crippen molar-refractivity contribution < 1.29 is 4.74 Å². The van der Waals surface area contributed by atoms with Gasteiger partial charge in [-0.3, -0.25) is 0 Å². The van der Waals surface area contributed by atoms with E-state index in [2.05, 4.69) is 29.4 Å². The van der Waals surface area contributed by atoms with Crippen LogP contribution < -0.4 is 11.1 Å². The van der Waals surface area contributed by atoms with E-state index in [1.165, 1.54) is 9.75 Å². The molecule has 0 spiro atoms. The largest absolute Gasteiger partial charge is 0.382 e. The molecule has 1 aromatic heterocycles. The van der Waals surface area contributed by atoms with Crippen LogP contribution in [0.2, 0.25) is 0 Å². The van der Waals surface area contributed by atoms with E-state index in [0.717, 1.165) is 32.6 Å². The van der Waals surface area contributed by atoms with E-state index in [1.807, 2.05) is 6.92 Å². The van der Waals surface area contributed by atoms with Crippen LogP contribution >= 0.6 is 11.3 Å². The van der Waals surface area contributed by atoms with Gasteiger partial charge in [0.2, 0.25) is 0 Å². The van der Waals surface area contributed by atoms with Crippen LogP contribution in [0.15, 0.2) is 17.1 Å². The summed E-state index contributed by atoms with van der Waals surface area (Å²) in [6.45, 7) is 7.15. The summed E-state index contributed by atoms with van der Waals surface area (Å²) in [6, 6.07) is 4.27. The maximum atomic E-state index is 5.78. The Bertz CT molecular complexity index is 363. The van der Waals surface area contributed by atoms with Crippen molar-refractivity contribution >= 4 is 17.3 Å². The number of rotatable bonds is 8. The number of aliphatic imine (C=N–C) groups is 1. The molecule has 0 fully saturated rings. The summed E-state index contributed by atoms with van der Waals surface area (Å²) in [4.78, 5) is 6.96. The molecule has 0 bridgehead atoms. The van der Waals surface area contributed by atoms with Gasteiger partial charge in [-0.1, -0.05) is 6.92 Å². The number of hydrogen-bond donors (Lipinski definition) is 2. The molecule has 0 aliphatic heterocycles. The molecule has 0 aliphatic rings. The average Bonchev–Trinajstić information content (AvgIpc) is 2.84. The predicted octanol–water partition coefficient (Wildman–Crippen LogP) is 2.14. The Morgan fingerprint density at radius 1 is 1.39 bits per heavy atom. The lowest BCUT2D eigenvalue weighted by Gasteiger charge is -2.05. The molecule has 0 amide bonds. The van der Waals surface area contributed by atoms with Crippen molar-refractivity contribution in [2.45, 2.75) is 33.2 Å². The molecule has 0 aromatic carbocycles. The standard InChI is InChI=1S/C13H23N3OS/c1-3-11-6-7-12(18-11)10-16-13(14)15-8-5-9-17-4-2/h6-7H,3-5,8-10H2,1-2H3,(H3,14,15,16). The lowest BCUT2D eigenvalue weighted by Crippen LogP contribution is -2.32. The maximum Gasteiger partial charge on any atom is 0.188 e. The van der Waals surface area contributed by atoms with E-state index in [1.54, 1.807) is 11.3 Å². The van der Waals surface area contributed by atoms with Crippen LogP contribution in [0.25, 0.3) is 0 Å². The number of hydrogen-bond acceptors (Lipinski definition) is 3. The first-order chi connectivity index (χ1) is 8.76. The summed E-state index contributed by atoms with van der Waals surface area (Å²) in [6.07, 6.45) is 2.03. The fraction of sp³-hybridized carbons (Fsp3) is 0.615. The highest BCUT2D eigenvalue weighted by Gasteiger charge is 1.98. The van der Waals surface area contributed by atoms with E-state index in [4.69, 9.17) is 10.5 Å². The highest BCUT2D eigenvalue weighted by atomic mass is 32.1. The van der Waals surface area contributed by atoms with Crippen molar-refractivity contribution in [3.05, 3.63) is 21.9 Å². The molecule has 18 heavy (non-hydrogen) atoms. The number of aryl methyl sites for hydroxylation is 1. The molecular formula is C13H23N3OS. The minimum absolute atomic E-state index is 0.512. The molecule has 1 rings (SSSR count). The van der Waals surface area contributed by atoms with Crippen LogP contribution in [0.5, 0.6) is 0 Å². The molecule has 0 saturated heterocycles. The monoisotopic (exact) mass is 269 g/mol. The summed E-state index contributed by atoms with van der Waals surface area (Å²) in [7, 11) is 0. The first-order valence-electron chi connectivity index (χ1n) is 6.45. The lowest BCUT2D eigenvalue weighted by molar-refractivity contribution is 0.145. The minimum Gasteiger partial charge on any atom is -0.382 e. The van der Waals surface area contributed by atoms with Gasteiger partial charge in [0.05, 0.1) is 6.54 Å². The van der Waals surface area contributed by atoms with Crippen LogP contribution in [0.1, 0.15) is 30.0 Å². The third-order valence-electron chi connectivity index (χ3n) is 2.45. The number of thiophene rings is 1. The van der Waals surface area contributed by atoms with E-state index >= 15 is 0 Å². The molecule has 4 nitrogen and oxygen atoms in total. The van der Waals surface area contributed by atoms with E-state index in [0.29, 0.717) is 12.5 Å². The van der Waals surface area contributed by atoms with E-state index in [-0.39, 0.29) is 0 Å². The molecule has 0 atom stereocenters. The van der Waals surface area contributed by atoms with Crippen molar-refractivity contribution in [1.82, 2.24) is 5.32 Å². The van der Waals surface area contributed by atoms with Gasteiger partial charge < -0.3 is 15.8 Å². The molecule has 102 valence electrons. The van der Waals surface area contributed by atoms with Gasteiger partial charge in [-0.2, -0.15) is 0 Å². The normalized spacial score (nSPS) is 11.8. The number of guanidine groups is 1. The Balaban J connectivity index is 2.20. The van der Waals surface area contributed by atoms with Gasteiger partial charge in [-0.25, -0.2) is 4.99 Å². The van der Waals surface area contributed by atoms with Gasteiger partial charge in [0.1, 0.15) is 0 Å². The number of nitrogens with two attached hydrogens (primary N) is 1. The second kappa shape index (κ2) is 8.94. The number of nitrogens with one attached hydrogen (secondary N) is 1. The van der Waals surface area contributed by atoms with Crippen molar-refractivity contribution in [1.29, 1.82) is 0 Å². The summed E-state index contributed by atoms with van der Waals surface area (Å²) in [5.74, 6) is 0.512. The van der Waals surface area contributed by atoms with Crippen LogP contribution in [-0.2, 0) is 17.7 Å². The second-order valence-corrected chi connectivity index (χ2v) is 5.15. The van der Waals surface area contributed by atoms with Crippen LogP contribution in [0, 0.1) is 0 Å². The molecule has 3 N–H and O–H groups in total. The van der Waals surface area contributed by atoms with Gasteiger partial charge >= 0.3 is 0 Å². The summed E-state index contributed by atoms with van der Waals surface area (Å²) >= 11 is 1.80. The number of nitrogens with zero attached hydrogens (tertiary/aromatic N) is 1. The van der Waals surface area contributed by atoms with Crippen molar-refractivity contribution in [2.75, 3.05) is 19.8 Å². The van der Waals surface area contributed by atoms with Crippen LogP contribution in [0.3, 0.4) is 0 Å². The van der Waals surface area contributed by atoms with E-state index in [9.17, 15) is 0 Å². The second-order valence-electron chi connectivity index (χ2n) is 3.90. The zero-order chi connectivity index (χ0) is 13.2. The molecule has 5 heteroatoms. The van der Waals surface area contributed by atoms with E-state index < -0.39 is 0 Å².